The second kappa shape index (κ2) is 16.0. The summed E-state index contributed by atoms with van der Waals surface area (Å²) in [4.78, 5) is 24.2. The van der Waals surface area contributed by atoms with Gasteiger partial charge in [0.15, 0.2) is 0 Å². The van der Waals surface area contributed by atoms with Crippen molar-refractivity contribution in [2.75, 3.05) is 6.61 Å². The highest BCUT2D eigenvalue weighted by Crippen LogP contribution is 2.12. The molecule has 164 valence electrons. The highest BCUT2D eigenvalue weighted by Gasteiger charge is 2.13. The van der Waals surface area contributed by atoms with E-state index in [1.54, 1.807) is 24.3 Å². The number of hydrogen-bond acceptors (Lipinski definition) is 4. The molecule has 0 aliphatic heterocycles. The second-order valence-electron chi connectivity index (χ2n) is 7.90. The van der Waals surface area contributed by atoms with Crippen LogP contribution in [-0.4, -0.2) is 24.6 Å². The Hall–Kier alpha value is -1.84. The number of carbonyl (C=O) groups is 2. The second-order valence-corrected chi connectivity index (χ2v) is 7.90. The third-order valence-electron chi connectivity index (χ3n) is 5.09. The quantitative estimate of drug-likeness (QED) is 0.218. The average Bonchev–Trinajstić information content (AvgIpc) is 2.72. The summed E-state index contributed by atoms with van der Waals surface area (Å²) in [6.07, 6.45) is 14.2. The van der Waals surface area contributed by atoms with Crippen molar-refractivity contribution in [1.82, 2.24) is 0 Å². The minimum absolute atomic E-state index is 0.0989. The van der Waals surface area contributed by atoms with Crippen LogP contribution in [0.15, 0.2) is 24.3 Å². The lowest BCUT2D eigenvalue weighted by Gasteiger charge is -2.12. The van der Waals surface area contributed by atoms with Crippen molar-refractivity contribution in [1.29, 1.82) is 0 Å². The van der Waals surface area contributed by atoms with Crippen molar-refractivity contribution >= 4 is 11.9 Å². The molecule has 0 heterocycles. The maximum absolute atomic E-state index is 12.1. The Kier molecular flexibility index (Phi) is 13.9. The van der Waals surface area contributed by atoms with Crippen LogP contribution in [0.4, 0.5) is 0 Å². The molecule has 4 heteroatoms. The molecule has 1 unspecified atom stereocenters. The van der Waals surface area contributed by atoms with Crippen molar-refractivity contribution in [3.63, 3.8) is 0 Å². The Morgan fingerprint density at radius 2 is 1.21 bits per heavy atom. The Bertz CT molecular complexity index is 565. The van der Waals surface area contributed by atoms with Crippen molar-refractivity contribution in [2.24, 2.45) is 0 Å². The fourth-order valence-electron chi connectivity index (χ4n) is 3.30. The first-order valence-corrected chi connectivity index (χ1v) is 11.6. The van der Waals surface area contributed by atoms with Crippen LogP contribution in [0.2, 0.25) is 0 Å². The molecule has 0 amide bonds. The fraction of sp³-hybridized carbons (Fsp3) is 0.680. The first-order valence-electron chi connectivity index (χ1n) is 11.6. The van der Waals surface area contributed by atoms with Crippen molar-refractivity contribution in [3.8, 4) is 0 Å². The molecule has 1 atom stereocenters. The highest BCUT2D eigenvalue weighted by atomic mass is 16.5. The van der Waals surface area contributed by atoms with Crippen LogP contribution in [-0.2, 0) is 9.47 Å². The third-order valence-corrected chi connectivity index (χ3v) is 5.09. The zero-order valence-corrected chi connectivity index (χ0v) is 18.7. The standard InChI is InChI=1S/C25H40O4/c1-4-6-7-8-9-10-11-12-13-14-20-28-24(26)22-16-18-23(19-17-22)25(27)29-21(3)15-5-2/h16-19,21H,4-15,20H2,1-3H3. The normalized spacial score (nSPS) is 11.8. The Morgan fingerprint density at radius 1 is 0.724 bits per heavy atom. The molecule has 29 heavy (non-hydrogen) atoms. The van der Waals surface area contributed by atoms with E-state index in [2.05, 4.69) is 13.8 Å². The van der Waals surface area contributed by atoms with E-state index in [1.807, 2.05) is 6.92 Å². The number of hydrogen-bond donors (Lipinski definition) is 0. The van der Waals surface area contributed by atoms with Gasteiger partial charge in [-0.15, -0.1) is 0 Å². The predicted octanol–water partition coefficient (Wildman–Crippen LogP) is 7.11. The zero-order valence-electron chi connectivity index (χ0n) is 18.7. The Morgan fingerprint density at radius 3 is 1.72 bits per heavy atom. The highest BCUT2D eigenvalue weighted by molar-refractivity contribution is 5.93. The van der Waals surface area contributed by atoms with Gasteiger partial charge >= 0.3 is 11.9 Å². The van der Waals surface area contributed by atoms with E-state index in [-0.39, 0.29) is 18.0 Å². The molecular formula is C25H40O4. The Balaban J connectivity index is 2.16. The maximum Gasteiger partial charge on any atom is 0.338 e. The summed E-state index contributed by atoms with van der Waals surface area (Å²) in [7, 11) is 0. The summed E-state index contributed by atoms with van der Waals surface area (Å²) < 4.78 is 10.7. The number of rotatable bonds is 16. The molecule has 0 bridgehead atoms. The third kappa shape index (κ3) is 11.7. The van der Waals surface area contributed by atoms with E-state index in [0.29, 0.717) is 17.7 Å². The first kappa shape index (κ1) is 25.2. The lowest BCUT2D eigenvalue weighted by molar-refractivity contribution is 0.0322. The van der Waals surface area contributed by atoms with E-state index in [0.717, 1.165) is 25.7 Å². The molecule has 0 saturated heterocycles. The largest absolute Gasteiger partial charge is 0.462 e. The molecule has 0 aliphatic rings. The van der Waals surface area contributed by atoms with E-state index >= 15 is 0 Å². The van der Waals surface area contributed by atoms with Gasteiger partial charge in [-0.05, 0) is 44.0 Å². The summed E-state index contributed by atoms with van der Waals surface area (Å²) >= 11 is 0. The molecule has 1 aromatic rings. The van der Waals surface area contributed by atoms with Gasteiger partial charge in [-0.3, -0.25) is 0 Å². The summed E-state index contributed by atoms with van der Waals surface area (Å²) in [5.74, 6) is -0.684. The van der Waals surface area contributed by atoms with Crippen molar-refractivity contribution in [3.05, 3.63) is 35.4 Å². The minimum atomic E-state index is -0.351. The van der Waals surface area contributed by atoms with Gasteiger partial charge in [-0.25, -0.2) is 9.59 Å². The van der Waals surface area contributed by atoms with Crippen molar-refractivity contribution < 1.29 is 19.1 Å². The molecular weight excluding hydrogens is 364 g/mol. The number of carbonyl (C=O) groups excluding carboxylic acids is 2. The van der Waals surface area contributed by atoms with Crippen LogP contribution in [0.3, 0.4) is 0 Å². The molecule has 0 aliphatic carbocycles. The van der Waals surface area contributed by atoms with Gasteiger partial charge in [0.2, 0.25) is 0 Å². The first-order chi connectivity index (χ1) is 14.1. The fourth-order valence-corrected chi connectivity index (χ4v) is 3.30. The van der Waals surface area contributed by atoms with Gasteiger partial charge in [-0.2, -0.15) is 0 Å². The summed E-state index contributed by atoms with van der Waals surface area (Å²) in [5, 5.41) is 0. The zero-order chi connectivity index (χ0) is 21.3. The maximum atomic E-state index is 12.1. The lowest BCUT2D eigenvalue weighted by Crippen LogP contribution is -2.15. The van der Waals surface area contributed by atoms with Crippen LogP contribution < -0.4 is 0 Å². The van der Waals surface area contributed by atoms with Crippen LogP contribution in [0.5, 0.6) is 0 Å². The van der Waals surface area contributed by atoms with E-state index in [4.69, 9.17) is 9.47 Å². The predicted molar refractivity (Wildman–Crippen MR) is 118 cm³/mol. The molecule has 0 spiro atoms. The van der Waals surface area contributed by atoms with E-state index in [1.165, 1.54) is 51.4 Å². The molecule has 1 aromatic carbocycles. The molecule has 0 fully saturated rings. The molecule has 0 radical (unpaired) electrons. The van der Waals surface area contributed by atoms with Gasteiger partial charge in [0.25, 0.3) is 0 Å². The minimum Gasteiger partial charge on any atom is -0.462 e. The SMILES string of the molecule is CCCCCCCCCCCCOC(=O)c1ccc(C(=O)OC(C)CCC)cc1. The number of unbranched alkanes of at least 4 members (excludes halogenated alkanes) is 9. The van der Waals surface area contributed by atoms with Crippen LogP contribution in [0, 0.1) is 0 Å². The summed E-state index contributed by atoms with van der Waals surface area (Å²) in [5.41, 5.74) is 0.925. The van der Waals surface area contributed by atoms with Gasteiger partial charge in [-0.1, -0.05) is 78.1 Å². The van der Waals surface area contributed by atoms with Crippen molar-refractivity contribution in [2.45, 2.75) is 104 Å². The van der Waals surface area contributed by atoms with Gasteiger partial charge in [0.05, 0.1) is 23.8 Å². The van der Waals surface area contributed by atoms with Crippen LogP contribution in [0.25, 0.3) is 0 Å². The smallest absolute Gasteiger partial charge is 0.338 e. The number of ether oxygens (including phenoxy) is 2. The van der Waals surface area contributed by atoms with Gasteiger partial charge < -0.3 is 9.47 Å². The lowest BCUT2D eigenvalue weighted by atomic mass is 10.1. The monoisotopic (exact) mass is 404 g/mol. The molecule has 4 nitrogen and oxygen atoms in total. The summed E-state index contributed by atoms with van der Waals surface area (Å²) in [6, 6.07) is 6.50. The molecule has 0 saturated carbocycles. The topological polar surface area (TPSA) is 52.6 Å². The van der Waals surface area contributed by atoms with E-state index < -0.39 is 0 Å². The number of esters is 2. The average molecular weight is 405 g/mol. The molecule has 0 aromatic heterocycles. The Labute approximate surface area is 177 Å². The molecule has 1 rings (SSSR count). The molecule has 0 N–H and O–H groups in total. The van der Waals surface area contributed by atoms with E-state index in [9.17, 15) is 9.59 Å². The van der Waals surface area contributed by atoms with Gasteiger partial charge in [0, 0.05) is 0 Å². The van der Waals surface area contributed by atoms with Gasteiger partial charge in [0.1, 0.15) is 0 Å². The number of benzene rings is 1. The van der Waals surface area contributed by atoms with Crippen LogP contribution in [0.1, 0.15) is 119 Å². The van der Waals surface area contributed by atoms with Crippen LogP contribution >= 0.6 is 0 Å². The summed E-state index contributed by atoms with van der Waals surface area (Å²) in [6.45, 7) is 6.64.